The Kier molecular flexibility index (Phi) is 4.32. The molecule has 0 bridgehead atoms. The number of rotatable bonds is 4. The number of carbonyl (C=O) groups is 2. The lowest BCUT2D eigenvalue weighted by Crippen LogP contribution is -2.41. The number of amides is 2. The molecule has 1 aromatic rings. The normalized spacial score (nSPS) is 20.5. The lowest BCUT2D eigenvalue weighted by molar-refractivity contribution is 0.0332. The van der Waals surface area contributed by atoms with E-state index in [1.54, 1.807) is 7.05 Å². The van der Waals surface area contributed by atoms with Crippen molar-refractivity contribution in [1.82, 2.24) is 4.90 Å². The second-order valence-electron chi connectivity index (χ2n) is 5.34. The van der Waals surface area contributed by atoms with Crippen molar-refractivity contribution >= 4 is 17.7 Å². The number of hydrogen-bond acceptors (Lipinski definition) is 4. The van der Waals surface area contributed by atoms with Gasteiger partial charge in [-0.1, -0.05) is 0 Å². The van der Waals surface area contributed by atoms with Crippen LogP contribution in [0.1, 0.15) is 23.2 Å². The SMILES string of the molecule is CN(CC1CC(O)C1)C(=O)Nc1ccc(C(=O)O)cc1O. The molecule has 114 valence electrons. The average Bonchev–Trinajstić information content (AvgIpc) is 2.38. The number of aliphatic hydroxyl groups is 1. The Hall–Kier alpha value is -2.28. The fourth-order valence-corrected chi connectivity index (χ4v) is 2.30. The molecule has 0 spiro atoms. The van der Waals surface area contributed by atoms with Gasteiger partial charge in [-0.15, -0.1) is 0 Å². The first kappa shape index (κ1) is 15.1. The van der Waals surface area contributed by atoms with Gasteiger partial charge in [0.2, 0.25) is 0 Å². The van der Waals surface area contributed by atoms with Crippen LogP contribution in [-0.4, -0.2) is 51.9 Å². The lowest BCUT2D eigenvalue weighted by atomic mass is 9.82. The van der Waals surface area contributed by atoms with Crippen molar-refractivity contribution in [3.8, 4) is 5.75 Å². The highest BCUT2D eigenvalue weighted by Gasteiger charge is 2.29. The number of aromatic carboxylic acids is 1. The monoisotopic (exact) mass is 294 g/mol. The largest absolute Gasteiger partial charge is 0.506 e. The molecule has 0 radical (unpaired) electrons. The summed E-state index contributed by atoms with van der Waals surface area (Å²) < 4.78 is 0. The summed E-state index contributed by atoms with van der Waals surface area (Å²) in [5, 5.41) is 30.2. The second kappa shape index (κ2) is 6.01. The number of phenolic OH excluding ortho intramolecular Hbond substituents is 1. The quantitative estimate of drug-likeness (QED) is 0.626. The van der Waals surface area contributed by atoms with Crippen molar-refractivity contribution in [1.29, 1.82) is 0 Å². The van der Waals surface area contributed by atoms with Crippen LogP contribution in [0, 0.1) is 5.92 Å². The van der Waals surface area contributed by atoms with Gasteiger partial charge in [-0.05, 0) is 37.0 Å². The Morgan fingerprint density at radius 1 is 1.38 bits per heavy atom. The van der Waals surface area contributed by atoms with E-state index in [2.05, 4.69) is 5.32 Å². The van der Waals surface area contributed by atoms with Crippen LogP contribution >= 0.6 is 0 Å². The van der Waals surface area contributed by atoms with Crippen LogP contribution in [0.25, 0.3) is 0 Å². The molecular weight excluding hydrogens is 276 g/mol. The number of anilines is 1. The van der Waals surface area contributed by atoms with Crippen LogP contribution in [-0.2, 0) is 0 Å². The van der Waals surface area contributed by atoms with Crippen LogP contribution in [0.2, 0.25) is 0 Å². The highest BCUT2D eigenvalue weighted by atomic mass is 16.4. The van der Waals surface area contributed by atoms with E-state index in [9.17, 15) is 19.8 Å². The Bertz CT molecular complexity index is 554. The molecule has 2 rings (SSSR count). The molecule has 4 N–H and O–H groups in total. The molecule has 0 unspecified atom stereocenters. The molecular formula is C14H18N2O5. The molecule has 1 aromatic carbocycles. The maximum atomic E-state index is 12.0. The van der Waals surface area contributed by atoms with Crippen LogP contribution in [0.15, 0.2) is 18.2 Å². The van der Waals surface area contributed by atoms with E-state index in [1.165, 1.54) is 17.0 Å². The Labute approximate surface area is 121 Å². The number of carbonyl (C=O) groups excluding carboxylic acids is 1. The van der Waals surface area contributed by atoms with E-state index in [4.69, 9.17) is 5.11 Å². The first-order valence-corrected chi connectivity index (χ1v) is 6.63. The zero-order valence-electron chi connectivity index (χ0n) is 11.6. The summed E-state index contributed by atoms with van der Waals surface area (Å²) in [5.41, 5.74) is 0.104. The van der Waals surface area contributed by atoms with Gasteiger partial charge in [-0.3, -0.25) is 0 Å². The molecule has 0 aromatic heterocycles. The predicted molar refractivity (Wildman–Crippen MR) is 75.4 cm³/mol. The Morgan fingerprint density at radius 2 is 2.05 bits per heavy atom. The van der Waals surface area contributed by atoms with Gasteiger partial charge in [-0.25, -0.2) is 9.59 Å². The number of aliphatic hydroxyl groups excluding tert-OH is 1. The fourth-order valence-electron chi connectivity index (χ4n) is 2.30. The van der Waals surface area contributed by atoms with Crippen molar-refractivity contribution in [3.05, 3.63) is 23.8 Å². The molecule has 21 heavy (non-hydrogen) atoms. The summed E-state index contributed by atoms with van der Waals surface area (Å²) in [6, 6.07) is 3.34. The van der Waals surface area contributed by atoms with Gasteiger partial charge in [-0.2, -0.15) is 0 Å². The van der Waals surface area contributed by atoms with Gasteiger partial charge in [0.25, 0.3) is 0 Å². The smallest absolute Gasteiger partial charge is 0.335 e. The van der Waals surface area contributed by atoms with Gasteiger partial charge in [0.05, 0.1) is 17.4 Å². The highest BCUT2D eigenvalue weighted by Crippen LogP contribution is 2.28. The maximum absolute atomic E-state index is 12.0. The number of urea groups is 1. The van der Waals surface area contributed by atoms with Crippen molar-refractivity contribution in [2.75, 3.05) is 18.9 Å². The van der Waals surface area contributed by atoms with E-state index in [0.29, 0.717) is 25.3 Å². The van der Waals surface area contributed by atoms with Gasteiger partial charge in [0.1, 0.15) is 5.75 Å². The minimum atomic E-state index is -1.15. The summed E-state index contributed by atoms with van der Waals surface area (Å²) in [4.78, 5) is 24.2. The zero-order valence-corrected chi connectivity index (χ0v) is 11.6. The topological polar surface area (TPSA) is 110 Å². The molecule has 2 amide bonds. The summed E-state index contributed by atoms with van der Waals surface area (Å²) >= 11 is 0. The van der Waals surface area contributed by atoms with E-state index >= 15 is 0 Å². The number of hydrogen-bond donors (Lipinski definition) is 4. The lowest BCUT2D eigenvalue weighted by Gasteiger charge is -2.34. The van der Waals surface area contributed by atoms with Crippen LogP contribution in [0.3, 0.4) is 0 Å². The molecule has 0 saturated heterocycles. The average molecular weight is 294 g/mol. The van der Waals surface area contributed by atoms with Crippen LogP contribution in [0.4, 0.5) is 10.5 Å². The molecule has 1 aliphatic rings. The summed E-state index contributed by atoms with van der Waals surface area (Å²) in [5.74, 6) is -1.15. The molecule has 7 nitrogen and oxygen atoms in total. The third-order valence-electron chi connectivity index (χ3n) is 3.58. The number of nitrogens with one attached hydrogen (secondary N) is 1. The third-order valence-corrected chi connectivity index (χ3v) is 3.58. The fraction of sp³-hybridized carbons (Fsp3) is 0.429. The van der Waals surface area contributed by atoms with Gasteiger partial charge < -0.3 is 25.5 Å². The van der Waals surface area contributed by atoms with Crippen molar-refractivity contribution in [3.63, 3.8) is 0 Å². The van der Waals surface area contributed by atoms with Crippen molar-refractivity contribution in [2.24, 2.45) is 5.92 Å². The molecule has 0 atom stereocenters. The van der Waals surface area contributed by atoms with E-state index in [-0.39, 0.29) is 23.1 Å². The van der Waals surface area contributed by atoms with Crippen LogP contribution < -0.4 is 5.32 Å². The first-order valence-electron chi connectivity index (χ1n) is 6.63. The predicted octanol–water partition coefficient (Wildman–Crippen LogP) is 1.33. The number of carboxylic acids is 1. The van der Waals surface area contributed by atoms with Gasteiger partial charge in [0.15, 0.2) is 0 Å². The summed E-state index contributed by atoms with van der Waals surface area (Å²) in [7, 11) is 1.63. The van der Waals surface area contributed by atoms with E-state index in [1.807, 2.05) is 0 Å². The Balaban J connectivity index is 1.94. The molecule has 7 heteroatoms. The molecule has 0 aliphatic heterocycles. The number of benzene rings is 1. The third kappa shape index (κ3) is 3.63. The van der Waals surface area contributed by atoms with Crippen LogP contribution in [0.5, 0.6) is 5.75 Å². The molecule has 0 heterocycles. The van der Waals surface area contributed by atoms with E-state index in [0.717, 1.165) is 6.07 Å². The Morgan fingerprint density at radius 3 is 2.57 bits per heavy atom. The minimum Gasteiger partial charge on any atom is -0.506 e. The number of carboxylic acid groups (broad SMARTS) is 1. The summed E-state index contributed by atoms with van der Waals surface area (Å²) in [6.07, 6.45) is 1.12. The number of nitrogens with zero attached hydrogens (tertiary/aromatic N) is 1. The van der Waals surface area contributed by atoms with Crippen molar-refractivity contribution < 1.29 is 24.9 Å². The molecule has 1 aliphatic carbocycles. The standard InChI is InChI=1S/C14H18N2O5/c1-16(7-8-4-10(17)5-8)14(21)15-11-3-2-9(13(19)20)6-12(11)18/h2-3,6,8,10,17-18H,4-5,7H2,1H3,(H,15,21)(H,19,20). The van der Waals surface area contributed by atoms with Gasteiger partial charge in [0, 0.05) is 13.6 Å². The molecule has 1 fully saturated rings. The highest BCUT2D eigenvalue weighted by molar-refractivity contribution is 5.93. The number of phenols is 1. The van der Waals surface area contributed by atoms with E-state index < -0.39 is 12.0 Å². The van der Waals surface area contributed by atoms with Gasteiger partial charge >= 0.3 is 12.0 Å². The zero-order chi connectivity index (χ0) is 15.6. The second-order valence-corrected chi connectivity index (χ2v) is 5.34. The maximum Gasteiger partial charge on any atom is 0.335 e. The number of aromatic hydroxyl groups is 1. The minimum absolute atomic E-state index is 0.0534. The van der Waals surface area contributed by atoms with Crippen molar-refractivity contribution in [2.45, 2.75) is 18.9 Å². The molecule has 1 saturated carbocycles. The summed E-state index contributed by atoms with van der Waals surface area (Å²) in [6.45, 7) is 0.525. The first-order chi connectivity index (χ1) is 9.86.